The molecule has 0 aliphatic rings. The number of methoxy groups -OCH3 is 1. The lowest BCUT2D eigenvalue weighted by molar-refractivity contribution is 0.403. The Morgan fingerprint density at radius 3 is 2.68 bits per heavy atom. The number of phenolic OH excluding ortho intramolecular Hbond substituents is 2. The van der Waals surface area contributed by atoms with E-state index in [9.17, 15) is 10.2 Å². The van der Waals surface area contributed by atoms with Crippen molar-refractivity contribution in [3.8, 4) is 17.2 Å². The third kappa shape index (κ3) is 2.69. The first-order chi connectivity index (χ1) is 10.7. The van der Waals surface area contributed by atoms with Crippen LogP contribution in [0.5, 0.6) is 17.2 Å². The Balaban J connectivity index is 1.96. The maximum absolute atomic E-state index is 9.48. The molecule has 22 heavy (non-hydrogen) atoms. The van der Waals surface area contributed by atoms with Gasteiger partial charge in [-0.1, -0.05) is 24.3 Å². The monoisotopic (exact) mass is 294 g/mol. The van der Waals surface area contributed by atoms with E-state index in [1.165, 1.54) is 12.1 Å². The minimum Gasteiger partial charge on any atom is -0.504 e. The molecule has 0 aliphatic heterocycles. The van der Waals surface area contributed by atoms with Crippen molar-refractivity contribution < 1.29 is 14.9 Å². The summed E-state index contributed by atoms with van der Waals surface area (Å²) in [7, 11) is 1.60. The molecular weight excluding hydrogens is 280 g/mol. The highest BCUT2D eigenvalue weighted by Crippen LogP contribution is 2.26. The zero-order valence-electron chi connectivity index (χ0n) is 11.9. The van der Waals surface area contributed by atoms with Crippen LogP contribution < -0.4 is 4.74 Å². The number of phenols is 2. The molecule has 2 N–H and O–H groups in total. The minimum atomic E-state index is -0.164. The van der Waals surface area contributed by atoms with Gasteiger partial charge in [0.05, 0.1) is 7.11 Å². The summed E-state index contributed by atoms with van der Waals surface area (Å²) in [6.45, 7) is 0. The van der Waals surface area contributed by atoms with Gasteiger partial charge < -0.3 is 14.9 Å². The Morgan fingerprint density at radius 2 is 1.91 bits per heavy atom. The van der Waals surface area contributed by atoms with Gasteiger partial charge in [-0.2, -0.15) is 0 Å². The van der Waals surface area contributed by atoms with E-state index >= 15 is 0 Å². The van der Waals surface area contributed by atoms with Crippen molar-refractivity contribution in [3.63, 3.8) is 0 Å². The summed E-state index contributed by atoms with van der Waals surface area (Å²) in [5.74, 6) is 0.911. The van der Waals surface area contributed by atoms with Gasteiger partial charge in [0, 0.05) is 11.6 Å². The van der Waals surface area contributed by atoms with E-state index < -0.39 is 0 Å². The second kappa shape index (κ2) is 5.73. The van der Waals surface area contributed by atoms with Gasteiger partial charge >= 0.3 is 0 Å². The molecular formula is C17H14N2O3. The number of rotatable bonds is 3. The first-order valence-corrected chi connectivity index (χ1v) is 6.67. The van der Waals surface area contributed by atoms with Crippen LogP contribution in [0.2, 0.25) is 0 Å². The second-order valence-corrected chi connectivity index (χ2v) is 4.71. The number of aromatic nitrogens is 2. The molecule has 0 spiro atoms. The van der Waals surface area contributed by atoms with Crippen LogP contribution in [-0.4, -0.2) is 27.3 Å². The van der Waals surface area contributed by atoms with Crippen LogP contribution in [-0.2, 0) is 0 Å². The molecule has 0 atom stereocenters. The number of benzene rings is 2. The average molecular weight is 294 g/mol. The molecule has 5 heteroatoms. The maximum Gasteiger partial charge on any atom is 0.157 e. The summed E-state index contributed by atoms with van der Waals surface area (Å²) in [5.41, 5.74) is 1.48. The van der Waals surface area contributed by atoms with Gasteiger partial charge in [-0.05, 0) is 29.8 Å². The smallest absolute Gasteiger partial charge is 0.157 e. The first kappa shape index (κ1) is 13.9. The second-order valence-electron chi connectivity index (χ2n) is 4.71. The van der Waals surface area contributed by atoms with Crippen molar-refractivity contribution in [1.82, 2.24) is 9.97 Å². The predicted molar refractivity (Wildman–Crippen MR) is 84.8 cm³/mol. The Hall–Kier alpha value is -3.08. The lowest BCUT2D eigenvalue weighted by Crippen LogP contribution is -1.92. The van der Waals surface area contributed by atoms with Gasteiger partial charge in [-0.3, -0.25) is 0 Å². The van der Waals surface area contributed by atoms with E-state index in [1.54, 1.807) is 31.5 Å². The summed E-state index contributed by atoms with van der Waals surface area (Å²) in [6.07, 6.45) is 5.23. The highest BCUT2D eigenvalue weighted by molar-refractivity contribution is 5.84. The fourth-order valence-electron chi connectivity index (χ4n) is 2.10. The predicted octanol–water partition coefficient (Wildman–Crippen LogP) is 3.22. The van der Waals surface area contributed by atoms with Gasteiger partial charge in [0.1, 0.15) is 11.3 Å². The van der Waals surface area contributed by atoms with Gasteiger partial charge in [-0.25, -0.2) is 9.97 Å². The maximum atomic E-state index is 9.48. The molecule has 0 saturated carbocycles. The van der Waals surface area contributed by atoms with Crippen molar-refractivity contribution in [1.29, 1.82) is 0 Å². The summed E-state index contributed by atoms with van der Waals surface area (Å²) in [5, 5.41) is 19.7. The number of hydrogen-bond acceptors (Lipinski definition) is 5. The SMILES string of the molecule is COc1cccc2cnc(/C=C/c3ccc(O)c(O)c3)nc12. The molecule has 0 saturated heterocycles. The zero-order chi connectivity index (χ0) is 15.5. The molecule has 0 aliphatic carbocycles. The molecule has 0 bridgehead atoms. The van der Waals surface area contributed by atoms with Crippen LogP contribution in [0.25, 0.3) is 23.1 Å². The van der Waals surface area contributed by atoms with E-state index in [2.05, 4.69) is 9.97 Å². The molecule has 3 rings (SSSR count). The van der Waals surface area contributed by atoms with E-state index in [0.717, 1.165) is 16.5 Å². The van der Waals surface area contributed by atoms with Crippen molar-refractivity contribution in [2.75, 3.05) is 7.11 Å². The van der Waals surface area contributed by atoms with Crippen molar-refractivity contribution in [2.45, 2.75) is 0 Å². The van der Waals surface area contributed by atoms with Crippen LogP contribution in [0, 0.1) is 0 Å². The van der Waals surface area contributed by atoms with Crippen molar-refractivity contribution in [2.24, 2.45) is 0 Å². The topological polar surface area (TPSA) is 75.5 Å². The molecule has 0 radical (unpaired) electrons. The average Bonchev–Trinajstić information content (AvgIpc) is 2.55. The first-order valence-electron chi connectivity index (χ1n) is 6.67. The number of para-hydroxylation sites is 1. The minimum absolute atomic E-state index is 0.149. The number of fused-ring (bicyclic) bond motifs is 1. The molecule has 0 fully saturated rings. The number of nitrogens with zero attached hydrogens (tertiary/aromatic N) is 2. The molecule has 1 heterocycles. The Morgan fingerprint density at radius 1 is 1.05 bits per heavy atom. The van der Waals surface area contributed by atoms with Crippen LogP contribution in [0.1, 0.15) is 11.4 Å². The van der Waals surface area contributed by atoms with Crippen molar-refractivity contribution in [3.05, 3.63) is 54.0 Å². The fraction of sp³-hybridized carbons (Fsp3) is 0.0588. The highest BCUT2D eigenvalue weighted by Gasteiger charge is 2.04. The molecule has 0 amide bonds. The van der Waals surface area contributed by atoms with E-state index in [-0.39, 0.29) is 11.5 Å². The van der Waals surface area contributed by atoms with Gasteiger partial charge in [0.15, 0.2) is 17.3 Å². The summed E-state index contributed by atoms with van der Waals surface area (Å²) in [4.78, 5) is 8.74. The standard InChI is InChI=1S/C17H14N2O3/c1-22-15-4-2-3-12-10-18-16(19-17(12)15)8-6-11-5-7-13(20)14(21)9-11/h2-10,20-21H,1H3/b8-6+. The quantitative estimate of drug-likeness (QED) is 0.725. The molecule has 5 nitrogen and oxygen atoms in total. The lowest BCUT2D eigenvalue weighted by atomic mass is 10.2. The van der Waals surface area contributed by atoms with Crippen molar-refractivity contribution >= 4 is 23.1 Å². The highest BCUT2D eigenvalue weighted by atomic mass is 16.5. The Kier molecular flexibility index (Phi) is 3.62. The zero-order valence-corrected chi connectivity index (χ0v) is 11.9. The van der Waals surface area contributed by atoms with Gasteiger partial charge in [0.25, 0.3) is 0 Å². The lowest BCUT2D eigenvalue weighted by Gasteiger charge is -2.04. The molecule has 0 unspecified atom stereocenters. The van der Waals surface area contributed by atoms with E-state index in [0.29, 0.717) is 11.6 Å². The van der Waals surface area contributed by atoms with Crippen LogP contribution in [0.15, 0.2) is 42.6 Å². The van der Waals surface area contributed by atoms with Crippen LogP contribution >= 0.6 is 0 Å². The number of ether oxygens (including phenoxy) is 1. The van der Waals surface area contributed by atoms with E-state index in [1.807, 2.05) is 18.2 Å². The normalized spacial score (nSPS) is 11.1. The van der Waals surface area contributed by atoms with Crippen LogP contribution in [0.3, 0.4) is 0 Å². The molecule has 110 valence electrons. The summed E-state index contributed by atoms with van der Waals surface area (Å²) >= 11 is 0. The Labute approximate surface area is 127 Å². The third-order valence-corrected chi connectivity index (χ3v) is 3.24. The molecule has 1 aromatic heterocycles. The molecule has 3 aromatic rings. The number of hydrogen-bond donors (Lipinski definition) is 2. The Bertz CT molecular complexity index is 860. The number of aromatic hydroxyl groups is 2. The fourth-order valence-corrected chi connectivity index (χ4v) is 2.10. The summed E-state index contributed by atoms with van der Waals surface area (Å²) < 4.78 is 5.30. The van der Waals surface area contributed by atoms with Crippen LogP contribution in [0.4, 0.5) is 0 Å². The molecule has 2 aromatic carbocycles. The van der Waals surface area contributed by atoms with Gasteiger partial charge in [0.2, 0.25) is 0 Å². The third-order valence-electron chi connectivity index (χ3n) is 3.24. The summed E-state index contributed by atoms with van der Waals surface area (Å²) in [6, 6.07) is 10.2. The largest absolute Gasteiger partial charge is 0.504 e. The van der Waals surface area contributed by atoms with Gasteiger partial charge in [-0.15, -0.1) is 0 Å². The van der Waals surface area contributed by atoms with E-state index in [4.69, 9.17) is 4.74 Å².